The molecule has 7 heteroatoms. The number of hydrogen-bond donors (Lipinski definition) is 2. The van der Waals surface area contributed by atoms with Crippen LogP contribution >= 0.6 is 0 Å². The number of azo groups is 1. The Bertz CT molecular complexity index is 888. The highest BCUT2D eigenvalue weighted by Gasteiger charge is 2.15. The van der Waals surface area contributed by atoms with Gasteiger partial charge in [0, 0.05) is 31.7 Å². The second kappa shape index (κ2) is 9.25. The molecule has 0 unspecified atom stereocenters. The molecule has 1 aromatic heterocycles. The molecule has 2 heterocycles. The smallest absolute Gasteiger partial charge is 0.176 e. The lowest BCUT2D eigenvalue weighted by atomic mass is 10.1. The summed E-state index contributed by atoms with van der Waals surface area (Å²) in [6.07, 6.45) is 0. The zero-order valence-electron chi connectivity index (χ0n) is 15.7. The molecule has 0 saturated carbocycles. The molecule has 3 aromatic rings. The number of benzene rings is 2. The van der Waals surface area contributed by atoms with Gasteiger partial charge in [0.25, 0.3) is 0 Å². The second-order valence-electron chi connectivity index (χ2n) is 6.58. The van der Waals surface area contributed by atoms with Gasteiger partial charge in [-0.3, -0.25) is 10.00 Å². The van der Waals surface area contributed by atoms with E-state index in [0.717, 1.165) is 62.0 Å². The average Bonchev–Trinajstić information content (AvgIpc) is 3.17. The van der Waals surface area contributed by atoms with E-state index in [0.29, 0.717) is 5.82 Å². The highest BCUT2D eigenvalue weighted by molar-refractivity contribution is 5.80. The lowest BCUT2D eigenvalue weighted by Gasteiger charge is -2.26. The Balaban J connectivity index is 1.53. The first-order valence-electron chi connectivity index (χ1n) is 9.55. The minimum absolute atomic E-state index is 0.715. The zero-order chi connectivity index (χ0) is 19.0. The van der Waals surface area contributed by atoms with Crippen molar-refractivity contribution < 1.29 is 4.74 Å². The quantitative estimate of drug-likeness (QED) is 0.605. The summed E-state index contributed by atoms with van der Waals surface area (Å²) in [6, 6.07) is 19.8. The molecule has 7 nitrogen and oxygen atoms in total. The predicted octanol–water partition coefficient (Wildman–Crippen LogP) is 4.24. The highest BCUT2D eigenvalue weighted by atomic mass is 16.5. The van der Waals surface area contributed by atoms with Gasteiger partial charge in [-0.1, -0.05) is 48.5 Å². The van der Waals surface area contributed by atoms with E-state index in [-0.39, 0.29) is 0 Å². The highest BCUT2D eigenvalue weighted by Crippen LogP contribution is 2.35. The monoisotopic (exact) mass is 376 g/mol. The Morgan fingerprint density at radius 2 is 1.68 bits per heavy atom. The standard InChI is InChI=1S/C21H24N6O/c1-3-7-17(8-4-1)19-20(25-23-18-9-5-2-6-10-18)21(26-24-19)22-11-12-27-13-15-28-16-14-27/h1-10H,11-16H2,(H2,22,24,26). The van der Waals surface area contributed by atoms with Crippen LogP contribution in [-0.2, 0) is 4.74 Å². The van der Waals surface area contributed by atoms with Crippen molar-refractivity contribution in [3.05, 3.63) is 60.7 Å². The molecule has 1 saturated heterocycles. The summed E-state index contributed by atoms with van der Waals surface area (Å²) in [5.41, 5.74) is 3.41. The van der Waals surface area contributed by atoms with Crippen molar-refractivity contribution in [1.29, 1.82) is 0 Å². The molecule has 0 bridgehead atoms. The van der Waals surface area contributed by atoms with Gasteiger partial charge in [0.15, 0.2) is 11.5 Å². The molecule has 2 N–H and O–H groups in total. The number of anilines is 1. The van der Waals surface area contributed by atoms with Crippen LogP contribution in [0.4, 0.5) is 17.2 Å². The van der Waals surface area contributed by atoms with Crippen molar-refractivity contribution in [2.24, 2.45) is 10.2 Å². The molecule has 0 aliphatic carbocycles. The maximum absolute atomic E-state index is 5.40. The largest absolute Gasteiger partial charge is 0.379 e. The second-order valence-corrected chi connectivity index (χ2v) is 6.58. The number of H-pyrrole nitrogens is 1. The molecule has 0 spiro atoms. The number of ether oxygens (including phenoxy) is 1. The van der Waals surface area contributed by atoms with E-state index in [2.05, 4.69) is 30.6 Å². The van der Waals surface area contributed by atoms with Crippen molar-refractivity contribution in [2.75, 3.05) is 44.7 Å². The van der Waals surface area contributed by atoms with E-state index in [1.807, 2.05) is 60.7 Å². The van der Waals surface area contributed by atoms with Crippen LogP contribution in [0.2, 0.25) is 0 Å². The van der Waals surface area contributed by atoms with Crippen molar-refractivity contribution in [3.8, 4) is 11.3 Å². The molecule has 28 heavy (non-hydrogen) atoms. The first-order chi connectivity index (χ1) is 13.9. The summed E-state index contributed by atoms with van der Waals surface area (Å²) >= 11 is 0. The Kier molecular flexibility index (Phi) is 6.06. The topological polar surface area (TPSA) is 77.9 Å². The predicted molar refractivity (Wildman–Crippen MR) is 110 cm³/mol. The van der Waals surface area contributed by atoms with Crippen molar-refractivity contribution in [2.45, 2.75) is 0 Å². The molecular weight excluding hydrogens is 352 g/mol. The van der Waals surface area contributed by atoms with Gasteiger partial charge < -0.3 is 10.1 Å². The van der Waals surface area contributed by atoms with Gasteiger partial charge in [-0.25, -0.2) is 0 Å². The molecule has 1 fully saturated rings. The average molecular weight is 376 g/mol. The van der Waals surface area contributed by atoms with Crippen LogP contribution in [-0.4, -0.2) is 54.5 Å². The number of aromatic amines is 1. The summed E-state index contributed by atoms with van der Waals surface area (Å²) in [7, 11) is 0. The first kappa shape index (κ1) is 18.3. The van der Waals surface area contributed by atoms with E-state index >= 15 is 0 Å². The Morgan fingerprint density at radius 1 is 0.964 bits per heavy atom. The number of nitrogens with zero attached hydrogens (tertiary/aromatic N) is 4. The molecule has 0 atom stereocenters. The van der Waals surface area contributed by atoms with Crippen molar-refractivity contribution >= 4 is 17.2 Å². The molecule has 4 rings (SSSR count). The van der Waals surface area contributed by atoms with E-state index in [1.54, 1.807) is 0 Å². The molecule has 2 aromatic carbocycles. The van der Waals surface area contributed by atoms with Crippen LogP contribution < -0.4 is 5.32 Å². The first-order valence-corrected chi connectivity index (χ1v) is 9.55. The zero-order valence-corrected chi connectivity index (χ0v) is 15.7. The summed E-state index contributed by atoms with van der Waals surface area (Å²) in [4.78, 5) is 2.38. The summed E-state index contributed by atoms with van der Waals surface area (Å²) < 4.78 is 5.40. The van der Waals surface area contributed by atoms with Crippen molar-refractivity contribution in [1.82, 2.24) is 15.1 Å². The third-order valence-electron chi connectivity index (χ3n) is 4.65. The van der Waals surface area contributed by atoms with Gasteiger partial charge in [-0.15, -0.1) is 5.11 Å². The maximum Gasteiger partial charge on any atom is 0.176 e. The molecule has 0 amide bonds. The van der Waals surface area contributed by atoms with Gasteiger partial charge in [-0.05, 0) is 12.1 Å². The van der Waals surface area contributed by atoms with Crippen LogP contribution in [0.1, 0.15) is 0 Å². The minimum Gasteiger partial charge on any atom is -0.379 e. The minimum atomic E-state index is 0.715. The summed E-state index contributed by atoms with van der Waals surface area (Å²) in [6.45, 7) is 5.27. The van der Waals surface area contributed by atoms with E-state index < -0.39 is 0 Å². The van der Waals surface area contributed by atoms with Crippen molar-refractivity contribution in [3.63, 3.8) is 0 Å². The fourth-order valence-corrected chi connectivity index (χ4v) is 3.12. The van der Waals surface area contributed by atoms with Crippen LogP contribution in [0.3, 0.4) is 0 Å². The number of morpholine rings is 1. The van der Waals surface area contributed by atoms with E-state index in [9.17, 15) is 0 Å². The van der Waals surface area contributed by atoms with E-state index in [4.69, 9.17) is 4.74 Å². The van der Waals surface area contributed by atoms with Crippen LogP contribution in [0, 0.1) is 0 Å². The molecule has 1 aliphatic heterocycles. The lowest BCUT2D eigenvalue weighted by Crippen LogP contribution is -2.39. The van der Waals surface area contributed by atoms with E-state index in [1.165, 1.54) is 0 Å². The Hall–Kier alpha value is -3.03. The molecule has 0 radical (unpaired) electrons. The van der Waals surface area contributed by atoms with Gasteiger partial charge in [-0.2, -0.15) is 10.2 Å². The Morgan fingerprint density at radius 3 is 2.43 bits per heavy atom. The normalized spacial score (nSPS) is 15.1. The maximum atomic E-state index is 5.40. The number of nitrogens with one attached hydrogen (secondary N) is 2. The molecular formula is C21H24N6O. The molecule has 1 aliphatic rings. The number of hydrogen-bond acceptors (Lipinski definition) is 6. The van der Waals surface area contributed by atoms with Gasteiger partial charge >= 0.3 is 0 Å². The summed E-state index contributed by atoms with van der Waals surface area (Å²) in [5, 5.41) is 19.9. The SMILES string of the molecule is c1ccc(N=Nc2c(NCCN3CCOCC3)n[nH]c2-c2ccccc2)cc1. The molecule has 144 valence electrons. The Labute approximate surface area is 164 Å². The van der Waals surface area contributed by atoms with Crippen LogP contribution in [0.5, 0.6) is 0 Å². The van der Waals surface area contributed by atoms with Gasteiger partial charge in [0.2, 0.25) is 0 Å². The van der Waals surface area contributed by atoms with Gasteiger partial charge in [0.1, 0.15) is 0 Å². The third-order valence-corrected chi connectivity index (χ3v) is 4.65. The fraction of sp³-hybridized carbons (Fsp3) is 0.286. The third kappa shape index (κ3) is 4.62. The lowest BCUT2D eigenvalue weighted by molar-refractivity contribution is 0.0398. The number of rotatable bonds is 7. The fourth-order valence-electron chi connectivity index (χ4n) is 3.12. The summed E-state index contributed by atoms with van der Waals surface area (Å²) in [5.74, 6) is 0.715. The number of aromatic nitrogens is 2. The van der Waals surface area contributed by atoms with Crippen LogP contribution in [0.25, 0.3) is 11.3 Å². The van der Waals surface area contributed by atoms with Gasteiger partial charge in [0.05, 0.1) is 24.6 Å². The van der Waals surface area contributed by atoms with Crippen LogP contribution in [0.15, 0.2) is 70.9 Å².